The molecule has 0 fully saturated rings. The summed E-state index contributed by atoms with van der Waals surface area (Å²) in [7, 11) is 0. The fourth-order valence-corrected chi connectivity index (χ4v) is 3.64. The number of hydrogen-bond acceptors (Lipinski definition) is 6. The van der Waals surface area contributed by atoms with Crippen molar-refractivity contribution in [1.29, 1.82) is 21.0 Å². The third kappa shape index (κ3) is 3.03. The van der Waals surface area contributed by atoms with Crippen molar-refractivity contribution in [3.8, 4) is 35.5 Å². The van der Waals surface area contributed by atoms with Crippen molar-refractivity contribution in [3.63, 3.8) is 0 Å². The zero-order chi connectivity index (χ0) is 20.5. The quantitative estimate of drug-likeness (QED) is 0.427. The van der Waals surface area contributed by atoms with E-state index in [2.05, 4.69) is 38.0 Å². The van der Waals surface area contributed by atoms with E-state index in [4.69, 9.17) is 0 Å². The highest BCUT2D eigenvalue weighted by Gasteiger charge is 2.13. The largest absolute Gasteiger partial charge is 0.254 e. The molecule has 0 aliphatic heterocycles. The van der Waals surface area contributed by atoms with Crippen LogP contribution in [0.25, 0.3) is 33.1 Å². The maximum absolute atomic E-state index is 9.48. The van der Waals surface area contributed by atoms with Crippen molar-refractivity contribution in [2.45, 2.75) is 0 Å². The first kappa shape index (κ1) is 18.1. The second-order valence-electron chi connectivity index (χ2n) is 6.18. The van der Waals surface area contributed by atoms with Crippen LogP contribution in [0.5, 0.6) is 0 Å². The molecule has 2 heterocycles. The van der Waals surface area contributed by atoms with Gasteiger partial charge >= 0.3 is 0 Å². The SMILES string of the molecule is N#Cc1cc(C#N)c2ncc(-c3cc(Br)c4cc(C#N)cc(C#N)c4n3)cc2c1. The van der Waals surface area contributed by atoms with Gasteiger partial charge in [-0.2, -0.15) is 21.0 Å². The number of aromatic nitrogens is 2. The lowest BCUT2D eigenvalue weighted by molar-refractivity contribution is 1.33. The number of pyridine rings is 2. The monoisotopic (exact) mass is 434 g/mol. The second-order valence-corrected chi connectivity index (χ2v) is 7.03. The molecule has 2 aromatic heterocycles. The molecule has 0 radical (unpaired) electrons. The Morgan fingerprint density at radius 3 is 2.03 bits per heavy atom. The van der Waals surface area contributed by atoms with Crippen molar-refractivity contribution in [3.05, 3.63) is 69.3 Å². The molecular weight excluding hydrogens is 428 g/mol. The Balaban J connectivity index is 1.99. The van der Waals surface area contributed by atoms with E-state index < -0.39 is 0 Å². The predicted molar refractivity (Wildman–Crippen MR) is 109 cm³/mol. The van der Waals surface area contributed by atoms with Crippen molar-refractivity contribution in [2.24, 2.45) is 0 Å². The zero-order valence-corrected chi connectivity index (χ0v) is 16.2. The van der Waals surface area contributed by atoms with Crippen LogP contribution in [0.4, 0.5) is 0 Å². The summed E-state index contributed by atoms with van der Waals surface area (Å²) >= 11 is 3.50. The standard InChI is InChI=1S/C22H7BrN6/c23-19-6-20(29-22-16(10-27)3-13(8-25)4-18(19)22)17-5-14-1-12(7-24)2-15(9-26)21(14)28-11-17/h1-6,11H. The topological polar surface area (TPSA) is 121 Å². The van der Waals surface area contributed by atoms with Crippen molar-refractivity contribution in [1.82, 2.24) is 9.97 Å². The smallest absolute Gasteiger partial charge is 0.101 e. The van der Waals surface area contributed by atoms with Crippen molar-refractivity contribution < 1.29 is 0 Å². The normalized spacial score (nSPS) is 10.1. The van der Waals surface area contributed by atoms with Gasteiger partial charge in [-0.25, -0.2) is 4.98 Å². The maximum atomic E-state index is 9.48. The molecule has 4 rings (SSSR count). The minimum atomic E-state index is 0.300. The van der Waals surface area contributed by atoms with Crippen LogP contribution in [-0.4, -0.2) is 9.97 Å². The average Bonchev–Trinajstić information content (AvgIpc) is 2.76. The van der Waals surface area contributed by atoms with E-state index in [0.29, 0.717) is 59.8 Å². The summed E-state index contributed by atoms with van der Waals surface area (Å²) in [5.74, 6) is 0. The van der Waals surface area contributed by atoms with Gasteiger partial charge in [0.15, 0.2) is 0 Å². The summed E-state index contributed by atoms with van der Waals surface area (Å²) in [4.78, 5) is 9.00. The zero-order valence-electron chi connectivity index (χ0n) is 14.6. The van der Waals surface area contributed by atoms with Crippen LogP contribution in [0.15, 0.2) is 47.1 Å². The molecular formula is C22H7BrN6. The first-order valence-corrected chi connectivity index (χ1v) is 9.06. The number of fused-ring (bicyclic) bond motifs is 2. The lowest BCUT2D eigenvalue weighted by atomic mass is 10.0. The summed E-state index contributed by atoms with van der Waals surface area (Å²) in [6.07, 6.45) is 1.60. The van der Waals surface area contributed by atoms with Gasteiger partial charge in [0.05, 0.1) is 51.1 Å². The molecule has 0 saturated carbocycles. The van der Waals surface area contributed by atoms with Gasteiger partial charge in [0.25, 0.3) is 0 Å². The van der Waals surface area contributed by atoms with Crippen LogP contribution in [0.2, 0.25) is 0 Å². The minimum absolute atomic E-state index is 0.300. The first-order valence-electron chi connectivity index (χ1n) is 8.27. The van der Waals surface area contributed by atoms with E-state index in [1.54, 1.807) is 30.5 Å². The molecule has 4 aromatic rings. The molecule has 0 unspecified atom stereocenters. The minimum Gasteiger partial charge on any atom is -0.254 e. The van der Waals surface area contributed by atoms with Crippen LogP contribution < -0.4 is 0 Å². The lowest BCUT2D eigenvalue weighted by Gasteiger charge is -2.09. The van der Waals surface area contributed by atoms with Crippen LogP contribution in [0.1, 0.15) is 22.3 Å². The molecule has 0 saturated heterocycles. The predicted octanol–water partition coefficient (Wildman–Crippen LogP) is 4.70. The van der Waals surface area contributed by atoms with Gasteiger partial charge in [0.2, 0.25) is 0 Å². The second kappa shape index (κ2) is 7.02. The number of rotatable bonds is 1. The lowest BCUT2D eigenvalue weighted by Crippen LogP contribution is -1.93. The van der Waals surface area contributed by atoms with Gasteiger partial charge in [-0.05, 0) is 36.4 Å². The molecule has 0 aliphatic rings. The highest BCUT2D eigenvalue weighted by Crippen LogP contribution is 2.32. The van der Waals surface area contributed by atoms with Gasteiger partial charge in [0.1, 0.15) is 12.1 Å². The summed E-state index contributed by atoms with van der Waals surface area (Å²) in [6.45, 7) is 0. The molecule has 7 heteroatoms. The third-order valence-electron chi connectivity index (χ3n) is 4.44. The fourth-order valence-electron chi connectivity index (χ4n) is 3.12. The van der Waals surface area contributed by atoms with Crippen LogP contribution >= 0.6 is 15.9 Å². The molecule has 0 bridgehead atoms. The Kier molecular flexibility index (Phi) is 4.38. The highest BCUT2D eigenvalue weighted by molar-refractivity contribution is 9.10. The van der Waals surface area contributed by atoms with Gasteiger partial charge in [-0.1, -0.05) is 15.9 Å². The van der Waals surface area contributed by atoms with E-state index >= 15 is 0 Å². The molecule has 132 valence electrons. The van der Waals surface area contributed by atoms with E-state index in [9.17, 15) is 21.0 Å². The first-order chi connectivity index (χ1) is 14.1. The van der Waals surface area contributed by atoms with E-state index in [-0.39, 0.29) is 0 Å². The molecule has 0 N–H and O–H groups in total. The van der Waals surface area contributed by atoms with Gasteiger partial charge in [-0.3, -0.25) is 4.98 Å². The number of hydrogen-bond donors (Lipinski definition) is 0. The molecule has 0 aliphatic carbocycles. The number of nitriles is 4. The van der Waals surface area contributed by atoms with E-state index in [1.807, 2.05) is 12.1 Å². The molecule has 0 amide bonds. The van der Waals surface area contributed by atoms with E-state index in [1.165, 1.54) is 12.1 Å². The fraction of sp³-hybridized carbons (Fsp3) is 0. The Bertz CT molecular complexity index is 1510. The summed E-state index contributed by atoms with van der Waals surface area (Å²) in [5.41, 5.74) is 3.60. The van der Waals surface area contributed by atoms with Crippen LogP contribution in [0.3, 0.4) is 0 Å². The van der Waals surface area contributed by atoms with Gasteiger partial charge in [0, 0.05) is 27.0 Å². The van der Waals surface area contributed by atoms with Crippen LogP contribution in [-0.2, 0) is 0 Å². The van der Waals surface area contributed by atoms with Crippen molar-refractivity contribution in [2.75, 3.05) is 0 Å². The number of nitrogens with zero attached hydrogens (tertiary/aromatic N) is 6. The summed E-state index contributed by atoms with van der Waals surface area (Å²) < 4.78 is 0.690. The van der Waals surface area contributed by atoms with Crippen molar-refractivity contribution >= 4 is 37.7 Å². The molecule has 2 aromatic carbocycles. The van der Waals surface area contributed by atoms with Crippen LogP contribution in [0, 0.1) is 45.3 Å². The van der Waals surface area contributed by atoms with Gasteiger partial charge < -0.3 is 0 Å². The number of halogens is 1. The molecule has 0 atom stereocenters. The Morgan fingerprint density at radius 1 is 0.724 bits per heavy atom. The highest BCUT2D eigenvalue weighted by atomic mass is 79.9. The summed E-state index contributed by atoms with van der Waals surface area (Å²) in [6, 6.07) is 18.2. The van der Waals surface area contributed by atoms with Gasteiger partial charge in [-0.15, -0.1) is 0 Å². The Hall–Kier alpha value is -4.30. The maximum Gasteiger partial charge on any atom is 0.101 e. The molecule has 29 heavy (non-hydrogen) atoms. The Labute approximate surface area is 173 Å². The Morgan fingerprint density at radius 2 is 1.38 bits per heavy atom. The molecule has 6 nitrogen and oxygen atoms in total. The molecule has 0 spiro atoms. The summed E-state index contributed by atoms with van der Waals surface area (Å²) in [5, 5.41) is 38.5. The number of benzene rings is 2. The average molecular weight is 435 g/mol. The van der Waals surface area contributed by atoms with E-state index in [0.717, 1.165) is 0 Å². The third-order valence-corrected chi connectivity index (χ3v) is 5.10.